The zero-order valence-electron chi connectivity index (χ0n) is 11.5. The van der Waals surface area contributed by atoms with Gasteiger partial charge < -0.3 is 14.8 Å². The van der Waals surface area contributed by atoms with Gasteiger partial charge in [0.2, 0.25) is 0 Å². The maximum atomic E-state index is 12.1. The Labute approximate surface area is 109 Å². The molecule has 0 aliphatic carbocycles. The molecule has 0 radical (unpaired) electrons. The van der Waals surface area contributed by atoms with Crippen LogP contribution in [0.25, 0.3) is 0 Å². The Morgan fingerprint density at radius 1 is 1.17 bits per heavy atom. The van der Waals surface area contributed by atoms with E-state index in [0.29, 0.717) is 0 Å². The molecule has 104 valence electrons. The number of rotatable bonds is 2. The molecule has 0 saturated carbocycles. The van der Waals surface area contributed by atoms with Crippen molar-refractivity contribution in [1.82, 2.24) is 5.32 Å². The third-order valence-electron chi connectivity index (χ3n) is 3.78. The van der Waals surface area contributed by atoms with E-state index < -0.39 is 0 Å². The van der Waals surface area contributed by atoms with Crippen LogP contribution >= 0.6 is 0 Å². The van der Waals surface area contributed by atoms with Crippen LogP contribution < -0.4 is 5.32 Å². The number of nitrogens with one attached hydrogen (secondary N) is 1. The van der Waals surface area contributed by atoms with E-state index in [0.717, 1.165) is 38.6 Å². The maximum Gasteiger partial charge on any atom is 0.323 e. The lowest BCUT2D eigenvalue weighted by Crippen LogP contribution is -2.42. The van der Waals surface area contributed by atoms with Crippen molar-refractivity contribution in [2.75, 3.05) is 6.54 Å². The molecule has 2 saturated heterocycles. The van der Waals surface area contributed by atoms with Gasteiger partial charge in [-0.05, 0) is 33.2 Å². The van der Waals surface area contributed by atoms with Crippen LogP contribution in [0.1, 0.15) is 52.4 Å². The van der Waals surface area contributed by atoms with Crippen LogP contribution in [0.2, 0.25) is 0 Å². The van der Waals surface area contributed by atoms with Crippen molar-refractivity contribution in [3.63, 3.8) is 0 Å². The van der Waals surface area contributed by atoms with Gasteiger partial charge in [-0.2, -0.15) is 0 Å². The van der Waals surface area contributed by atoms with Gasteiger partial charge in [-0.3, -0.25) is 4.79 Å². The highest BCUT2D eigenvalue weighted by atomic mass is 16.6. The summed E-state index contributed by atoms with van der Waals surface area (Å²) in [6.45, 7) is 5.02. The Morgan fingerprint density at radius 3 is 2.61 bits per heavy atom. The molecule has 3 atom stereocenters. The summed E-state index contributed by atoms with van der Waals surface area (Å²) in [5.74, 6) is -0.0665. The zero-order chi connectivity index (χ0) is 13.0. The van der Waals surface area contributed by atoms with E-state index in [9.17, 15) is 4.79 Å². The monoisotopic (exact) mass is 255 g/mol. The number of hydrogen-bond donors (Lipinski definition) is 1. The molecular formula is C14H25NO3. The lowest BCUT2D eigenvalue weighted by atomic mass is 10.0. The summed E-state index contributed by atoms with van der Waals surface area (Å²) in [7, 11) is 0. The Balaban J connectivity index is 1.82. The molecule has 4 heteroatoms. The van der Waals surface area contributed by atoms with E-state index in [1.807, 2.05) is 13.8 Å². The fourth-order valence-corrected chi connectivity index (χ4v) is 2.92. The van der Waals surface area contributed by atoms with Crippen molar-refractivity contribution >= 4 is 5.97 Å². The highest BCUT2D eigenvalue weighted by Gasteiger charge is 2.29. The highest BCUT2D eigenvalue weighted by molar-refractivity contribution is 5.76. The van der Waals surface area contributed by atoms with Crippen LogP contribution in [-0.4, -0.2) is 36.9 Å². The Hall–Kier alpha value is -0.610. The average molecular weight is 255 g/mol. The van der Waals surface area contributed by atoms with Gasteiger partial charge in [0.05, 0.1) is 12.2 Å². The predicted molar refractivity (Wildman–Crippen MR) is 69.4 cm³/mol. The molecule has 2 heterocycles. The summed E-state index contributed by atoms with van der Waals surface area (Å²) in [6.07, 6.45) is 6.45. The third kappa shape index (κ3) is 3.95. The molecular weight excluding hydrogens is 230 g/mol. The molecule has 18 heavy (non-hydrogen) atoms. The van der Waals surface area contributed by atoms with Gasteiger partial charge >= 0.3 is 5.97 Å². The van der Waals surface area contributed by atoms with Crippen LogP contribution in [0.3, 0.4) is 0 Å². The second-order valence-corrected chi connectivity index (χ2v) is 5.64. The number of carbonyl (C=O) groups is 1. The molecule has 0 aromatic rings. The SMILES string of the molecule is CC1CC(OC(=O)C2CCCCCN2)CC(C)O1. The third-order valence-corrected chi connectivity index (χ3v) is 3.78. The minimum atomic E-state index is -0.0963. The smallest absolute Gasteiger partial charge is 0.323 e. The highest BCUT2D eigenvalue weighted by Crippen LogP contribution is 2.22. The van der Waals surface area contributed by atoms with E-state index in [-0.39, 0.29) is 30.3 Å². The van der Waals surface area contributed by atoms with Gasteiger partial charge in [-0.1, -0.05) is 12.8 Å². The summed E-state index contributed by atoms with van der Waals surface area (Å²) in [5, 5.41) is 3.29. The standard InChI is InChI=1S/C14H25NO3/c1-10-8-12(9-11(2)17-10)18-14(16)13-6-4-3-5-7-15-13/h10-13,15H,3-9H2,1-2H3. The summed E-state index contributed by atoms with van der Waals surface area (Å²) < 4.78 is 11.3. The van der Waals surface area contributed by atoms with E-state index >= 15 is 0 Å². The van der Waals surface area contributed by atoms with Crippen molar-refractivity contribution < 1.29 is 14.3 Å². The number of ether oxygens (including phenoxy) is 2. The zero-order valence-corrected chi connectivity index (χ0v) is 11.5. The summed E-state index contributed by atoms with van der Waals surface area (Å²) in [5.41, 5.74) is 0. The second kappa shape index (κ2) is 6.53. The molecule has 2 rings (SSSR count). The summed E-state index contributed by atoms with van der Waals surface area (Å²) in [6, 6.07) is -0.0963. The first-order chi connectivity index (χ1) is 8.65. The lowest BCUT2D eigenvalue weighted by Gasteiger charge is -2.32. The second-order valence-electron chi connectivity index (χ2n) is 5.64. The largest absolute Gasteiger partial charge is 0.461 e. The van der Waals surface area contributed by atoms with Crippen LogP contribution in [0.5, 0.6) is 0 Å². The molecule has 0 aromatic carbocycles. The molecule has 0 amide bonds. The van der Waals surface area contributed by atoms with E-state index in [2.05, 4.69) is 5.32 Å². The Bertz CT molecular complexity index is 264. The summed E-state index contributed by atoms with van der Waals surface area (Å²) >= 11 is 0. The van der Waals surface area contributed by atoms with Crippen molar-refractivity contribution in [3.05, 3.63) is 0 Å². The molecule has 0 spiro atoms. The lowest BCUT2D eigenvalue weighted by molar-refractivity contribution is -0.162. The van der Waals surface area contributed by atoms with Gasteiger partial charge in [-0.15, -0.1) is 0 Å². The number of carbonyl (C=O) groups excluding carboxylic acids is 1. The van der Waals surface area contributed by atoms with Crippen molar-refractivity contribution in [3.8, 4) is 0 Å². The van der Waals surface area contributed by atoms with Crippen LogP contribution in [0.4, 0.5) is 0 Å². The van der Waals surface area contributed by atoms with Crippen LogP contribution in [0, 0.1) is 0 Å². The van der Waals surface area contributed by atoms with Gasteiger partial charge in [-0.25, -0.2) is 0 Å². The van der Waals surface area contributed by atoms with Crippen LogP contribution in [0.15, 0.2) is 0 Å². The molecule has 3 unspecified atom stereocenters. The molecule has 1 N–H and O–H groups in total. The summed E-state index contributed by atoms with van der Waals surface area (Å²) in [4.78, 5) is 12.1. The van der Waals surface area contributed by atoms with Gasteiger partial charge in [0.25, 0.3) is 0 Å². The first-order valence-corrected chi connectivity index (χ1v) is 7.24. The van der Waals surface area contributed by atoms with Crippen molar-refractivity contribution in [2.24, 2.45) is 0 Å². The molecule has 4 nitrogen and oxygen atoms in total. The van der Waals surface area contributed by atoms with Crippen molar-refractivity contribution in [1.29, 1.82) is 0 Å². The van der Waals surface area contributed by atoms with E-state index in [1.165, 1.54) is 6.42 Å². The molecule has 0 aromatic heterocycles. The fourth-order valence-electron chi connectivity index (χ4n) is 2.92. The number of hydrogen-bond acceptors (Lipinski definition) is 4. The quantitative estimate of drug-likeness (QED) is 0.767. The first-order valence-electron chi connectivity index (χ1n) is 7.24. The van der Waals surface area contributed by atoms with Crippen LogP contribution in [-0.2, 0) is 14.3 Å². The fraction of sp³-hybridized carbons (Fsp3) is 0.929. The van der Waals surface area contributed by atoms with Crippen molar-refractivity contribution in [2.45, 2.75) is 76.7 Å². The Morgan fingerprint density at radius 2 is 1.89 bits per heavy atom. The normalized spacial score (nSPS) is 37.9. The first kappa shape index (κ1) is 13.8. The van der Waals surface area contributed by atoms with Gasteiger partial charge in [0.15, 0.2) is 0 Å². The van der Waals surface area contributed by atoms with Gasteiger partial charge in [0.1, 0.15) is 12.1 Å². The molecule has 2 aliphatic heterocycles. The topological polar surface area (TPSA) is 47.6 Å². The predicted octanol–water partition coefficient (Wildman–Crippen LogP) is 2.02. The Kier molecular flexibility index (Phi) is 5.01. The molecule has 2 fully saturated rings. The van der Waals surface area contributed by atoms with E-state index in [1.54, 1.807) is 0 Å². The minimum absolute atomic E-state index is 0.0290. The molecule has 0 bridgehead atoms. The van der Waals surface area contributed by atoms with E-state index in [4.69, 9.17) is 9.47 Å². The van der Waals surface area contributed by atoms with Gasteiger partial charge in [0, 0.05) is 12.8 Å². The minimum Gasteiger partial charge on any atom is -0.461 e. The molecule has 2 aliphatic rings. The maximum absolute atomic E-state index is 12.1. The number of esters is 1. The average Bonchev–Trinajstić information content (AvgIpc) is 2.55.